The molecule has 6 heteroatoms. The number of methoxy groups -OCH3 is 3. The van der Waals surface area contributed by atoms with Gasteiger partial charge >= 0.3 is 0 Å². The number of hydrogen-bond donors (Lipinski definition) is 0. The molecule has 1 aliphatic rings. The Balaban J connectivity index is 1.95. The lowest BCUT2D eigenvalue weighted by molar-refractivity contribution is 0.0958. The van der Waals surface area contributed by atoms with E-state index in [4.69, 9.17) is 14.2 Å². The Morgan fingerprint density at radius 1 is 0.970 bits per heavy atom. The molecule has 2 aromatic carbocycles. The fourth-order valence-corrected chi connectivity index (χ4v) is 4.69. The van der Waals surface area contributed by atoms with Gasteiger partial charge in [-0.2, -0.15) is 0 Å². The molecule has 0 spiro atoms. The lowest BCUT2D eigenvalue weighted by Crippen LogP contribution is -2.43. The van der Waals surface area contributed by atoms with Crippen molar-refractivity contribution < 1.29 is 19.0 Å². The quantitative estimate of drug-likeness (QED) is 0.514. The molecule has 1 aliphatic heterocycles. The van der Waals surface area contributed by atoms with Crippen LogP contribution < -0.4 is 14.2 Å². The van der Waals surface area contributed by atoms with Gasteiger partial charge in [0, 0.05) is 36.2 Å². The highest BCUT2D eigenvalue weighted by molar-refractivity contribution is 6.19. The smallest absolute Gasteiger partial charge is 0.211 e. The average molecular weight is 449 g/mol. The van der Waals surface area contributed by atoms with Crippen molar-refractivity contribution >= 4 is 22.8 Å². The van der Waals surface area contributed by atoms with Crippen molar-refractivity contribution in [2.45, 2.75) is 32.7 Å². The molecule has 0 atom stereocenters. The minimum absolute atomic E-state index is 0.00966. The first-order valence-corrected chi connectivity index (χ1v) is 11.0. The summed E-state index contributed by atoms with van der Waals surface area (Å²) in [6.07, 6.45) is 2.74. The first-order chi connectivity index (χ1) is 15.6. The van der Waals surface area contributed by atoms with Crippen molar-refractivity contribution in [2.75, 3.05) is 28.4 Å². The standard InChI is InChI=1S/C27H32N2O4/c1-16-25(20-14-19(31-6)9-10-21(20)28(16)4)26(30)22-11-17-12-23(32-7)24(33-8)13-18(17)15-27(2,3)29(22)5/h9-14H,15H2,1-8H3. The third-order valence-corrected chi connectivity index (χ3v) is 6.99. The van der Waals surface area contributed by atoms with Gasteiger partial charge in [-0.05, 0) is 74.7 Å². The Labute approximate surface area is 195 Å². The number of likely N-dealkylation sites (N-methyl/N-ethyl adjacent to an activating group) is 1. The Kier molecular flexibility index (Phi) is 5.64. The summed E-state index contributed by atoms with van der Waals surface area (Å²) in [5.41, 5.74) is 5.05. The normalized spacial score (nSPS) is 15.0. The van der Waals surface area contributed by atoms with Gasteiger partial charge in [0.1, 0.15) is 5.75 Å². The van der Waals surface area contributed by atoms with E-state index in [-0.39, 0.29) is 11.3 Å². The number of hydrogen-bond acceptors (Lipinski definition) is 5. The zero-order chi connectivity index (χ0) is 24.1. The number of allylic oxidation sites excluding steroid dienone is 1. The SMILES string of the molecule is COc1ccc2c(c1)c(C(=O)C1=Cc3cc(OC)c(OC)cc3CC(C)(C)N1C)c(C)n2C. The molecule has 3 aromatic rings. The lowest BCUT2D eigenvalue weighted by Gasteiger charge is -2.37. The predicted octanol–water partition coefficient (Wildman–Crippen LogP) is 5.00. The van der Waals surface area contributed by atoms with Crippen molar-refractivity contribution in [1.29, 1.82) is 0 Å². The molecule has 6 nitrogen and oxygen atoms in total. The molecule has 0 amide bonds. The fourth-order valence-electron chi connectivity index (χ4n) is 4.69. The summed E-state index contributed by atoms with van der Waals surface area (Å²) in [7, 11) is 8.88. The van der Waals surface area contributed by atoms with Gasteiger partial charge in [-0.3, -0.25) is 4.79 Å². The van der Waals surface area contributed by atoms with Crippen molar-refractivity contribution in [3.05, 3.63) is 58.4 Å². The molecular weight excluding hydrogens is 416 g/mol. The summed E-state index contributed by atoms with van der Waals surface area (Å²) >= 11 is 0. The van der Waals surface area contributed by atoms with E-state index < -0.39 is 0 Å². The fraction of sp³-hybridized carbons (Fsp3) is 0.370. The van der Waals surface area contributed by atoms with Crippen LogP contribution in [0.25, 0.3) is 17.0 Å². The molecule has 33 heavy (non-hydrogen) atoms. The van der Waals surface area contributed by atoms with E-state index >= 15 is 0 Å². The molecule has 174 valence electrons. The van der Waals surface area contributed by atoms with Crippen LogP contribution in [0.15, 0.2) is 36.0 Å². The second kappa shape index (κ2) is 8.18. The summed E-state index contributed by atoms with van der Waals surface area (Å²) in [6, 6.07) is 9.84. The number of aromatic nitrogens is 1. The first kappa shape index (κ1) is 22.8. The number of rotatable bonds is 5. The van der Waals surface area contributed by atoms with Crippen LogP contribution in [-0.2, 0) is 13.5 Å². The molecule has 4 rings (SSSR count). The van der Waals surface area contributed by atoms with E-state index in [1.54, 1.807) is 21.3 Å². The maximum atomic E-state index is 14.2. The van der Waals surface area contributed by atoms with E-state index in [1.165, 1.54) is 0 Å². The zero-order valence-corrected chi connectivity index (χ0v) is 20.7. The first-order valence-electron chi connectivity index (χ1n) is 11.0. The number of benzene rings is 2. The van der Waals surface area contributed by atoms with Crippen molar-refractivity contribution in [2.24, 2.45) is 7.05 Å². The molecule has 0 fully saturated rings. The van der Waals surface area contributed by atoms with Crippen molar-refractivity contribution in [3.63, 3.8) is 0 Å². The van der Waals surface area contributed by atoms with E-state index in [0.717, 1.165) is 39.9 Å². The highest BCUT2D eigenvalue weighted by Gasteiger charge is 2.34. The van der Waals surface area contributed by atoms with Gasteiger partial charge in [0.15, 0.2) is 11.5 Å². The van der Waals surface area contributed by atoms with Crippen molar-refractivity contribution in [3.8, 4) is 17.2 Å². The average Bonchev–Trinajstić information content (AvgIpc) is 2.99. The van der Waals surface area contributed by atoms with Crippen molar-refractivity contribution in [1.82, 2.24) is 9.47 Å². The second-order valence-electron chi connectivity index (χ2n) is 9.22. The number of fused-ring (bicyclic) bond motifs is 2. The number of carbonyl (C=O) groups excluding carboxylic acids is 1. The van der Waals surface area contributed by atoms with Crippen LogP contribution in [0.5, 0.6) is 17.2 Å². The third-order valence-electron chi connectivity index (χ3n) is 6.99. The molecule has 0 N–H and O–H groups in total. The molecular formula is C27H32N2O4. The second-order valence-corrected chi connectivity index (χ2v) is 9.22. The maximum absolute atomic E-state index is 14.2. The zero-order valence-electron chi connectivity index (χ0n) is 20.7. The molecule has 0 saturated carbocycles. The van der Waals surface area contributed by atoms with Gasteiger partial charge in [-0.25, -0.2) is 0 Å². The lowest BCUT2D eigenvalue weighted by atomic mass is 9.92. The third kappa shape index (κ3) is 3.63. The topological polar surface area (TPSA) is 52.9 Å². The van der Waals surface area contributed by atoms with Crippen LogP contribution >= 0.6 is 0 Å². The molecule has 0 bridgehead atoms. The van der Waals surface area contributed by atoms with Crippen LogP contribution in [0.1, 0.15) is 41.0 Å². The van der Waals surface area contributed by atoms with E-state index in [1.807, 2.05) is 57.4 Å². The number of ketones is 1. The van der Waals surface area contributed by atoms with Crippen LogP contribution in [0.3, 0.4) is 0 Å². The number of carbonyl (C=O) groups is 1. The summed E-state index contributed by atoms with van der Waals surface area (Å²) in [6.45, 7) is 6.29. The molecule has 1 aromatic heterocycles. The predicted molar refractivity (Wildman–Crippen MR) is 132 cm³/mol. The van der Waals surface area contributed by atoms with Gasteiger partial charge in [0.25, 0.3) is 0 Å². The maximum Gasteiger partial charge on any atom is 0.211 e. The van der Waals surface area contributed by atoms with Gasteiger partial charge in [-0.1, -0.05) is 0 Å². The van der Waals surface area contributed by atoms with Crippen LogP contribution in [0, 0.1) is 6.92 Å². The minimum Gasteiger partial charge on any atom is -0.497 e. The number of Topliss-reactive ketones (excluding diaryl/α,β-unsaturated/α-hetero) is 1. The van der Waals surface area contributed by atoms with Crippen LogP contribution in [-0.4, -0.2) is 49.2 Å². The Morgan fingerprint density at radius 3 is 2.27 bits per heavy atom. The number of nitrogens with zero attached hydrogens (tertiary/aromatic N) is 2. The molecule has 0 aliphatic carbocycles. The Morgan fingerprint density at radius 2 is 1.64 bits per heavy atom. The molecule has 0 saturated heterocycles. The molecule has 2 heterocycles. The largest absolute Gasteiger partial charge is 0.497 e. The van der Waals surface area contributed by atoms with Gasteiger partial charge in [-0.15, -0.1) is 0 Å². The Bertz CT molecular complexity index is 1280. The highest BCUT2D eigenvalue weighted by atomic mass is 16.5. The number of aryl methyl sites for hydroxylation is 1. The molecule has 0 unspecified atom stereocenters. The van der Waals surface area contributed by atoms with E-state index in [9.17, 15) is 4.79 Å². The van der Waals surface area contributed by atoms with Gasteiger partial charge in [0.2, 0.25) is 5.78 Å². The van der Waals surface area contributed by atoms with Crippen LogP contribution in [0.4, 0.5) is 0 Å². The minimum atomic E-state index is -0.289. The summed E-state index contributed by atoms with van der Waals surface area (Å²) in [4.78, 5) is 16.3. The Hall–Kier alpha value is -3.41. The summed E-state index contributed by atoms with van der Waals surface area (Å²) in [5.74, 6) is 2.06. The highest BCUT2D eigenvalue weighted by Crippen LogP contribution is 2.39. The van der Waals surface area contributed by atoms with Gasteiger partial charge < -0.3 is 23.7 Å². The molecule has 0 radical (unpaired) electrons. The van der Waals surface area contributed by atoms with E-state index in [2.05, 4.69) is 23.3 Å². The van der Waals surface area contributed by atoms with Crippen LogP contribution in [0.2, 0.25) is 0 Å². The van der Waals surface area contributed by atoms with Gasteiger partial charge in [0.05, 0.1) is 32.6 Å². The monoisotopic (exact) mass is 448 g/mol. The van der Waals surface area contributed by atoms with E-state index in [0.29, 0.717) is 22.8 Å². The number of ether oxygens (including phenoxy) is 3. The summed E-state index contributed by atoms with van der Waals surface area (Å²) < 4.78 is 18.6. The summed E-state index contributed by atoms with van der Waals surface area (Å²) in [5, 5.41) is 0.892.